The Hall–Kier alpha value is -0.910. The molecule has 1 fully saturated rings. The van der Waals surface area contributed by atoms with E-state index in [1.54, 1.807) is 22.7 Å². The maximum absolute atomic E-state index is 12.3. The molecule has 0 radical (unpaired) electrons. The van der Waals surface area contributed by atoms with Crippen LogP contribution in [0.4, 0.5) is 0 Å². The molecule has 2 amide bonds. The number of thioether (sulfide) groups is 1. The average Bonchev–Trinajstić information content (AvgIpc) is 2.91. The molecule has 0 spiro atoms. The third kappa shape index (κ3) is 4.38. The number of carbonyl (C=O) groups excluding carboxylic acids is 2. The van der Waals surface area contributed by atoms with Crippen LogP contribution in [0.1, 0.15) is 31.7 Å². The number of benzene rings is 1. The van der Waals surface area contributed by atoms with Crippen molar-refractivity contribution in [3.05, 3.63) is 33.8 Å². The molecule has 0 N–H and O–H groups in total. The number of rotatable bonds is 6. The molecule has 0 aromatic heterocycles. The van der Waals surface area contributed by atoms with Crippen LogP contribution < -0.4 is 0 Å². The van der Waals surface area contributed by atoms with Gasteiger partial charge in [-0.3, -0.25) is 9.59 Å². The minimum Gasteiger partial charge on any atom is -0.341 e. The maximum atomic E-state index is 12.3. The van der Waals surface area contributed by atoms with Crippen LogP contribution in [0, 0.1) is 5.92 Å². The molecule has 2 rings (SSSR count). The molecule has 4 nitrogen and oxygen atoms in total. The summed E-state index contributed by atoms with van der Waals surface area (Å²) in [4.78, 5) is 28.1. The molecule has 1 saturated heterocycles. The molecule has 0 saturated carbocycles. The molecule has 0 unspecified atom stereocenters. The quantitative estimate of drug-likeness (QED) is 0.737. The maximum Gasteiger partial charge on any atom is 0.233 e. The Kier molecular flexibility index (Phi) is 6.84. The third-order valence-corrected chi connectivity index (χ3v) is 5.99. The summed E-state index contributed by atoms with van der Waals surface area (Å²) in [5, 5.41) is 0.903. The summed E-state index contributed by atoms with van der Waals surface area (Å²) < 4.78 is 0. The van der Waals surface area contributed by atoms with Gasteiger partial charge in [0.25, 0.3) is 0 Å². The topological polar surface area (TPSA) is 40.6 Å². The first kappa shape index (κ1) is 19.4. The standard InChI is InChI=1S/C17H22Cl2N2O2S/c1-4-20(16(23)11(2)3)7-8-21-15(22)10-24-17(21)12-5-6-13(18)14(19)9-12/h5-6,9,11,17H,4,7-8,10H2,1-3H3/t17-/m1/s1. The highest BCUT2D eigenvalue weighted by Crippen LogP contribution is 2.40. The van der Waals surface area contributed by atoms with Crippen LogP contribution in [0.3, 0.4) is 0 Å². The van der Waals surface area contributed by atoms with Crippen molar-refractivity contribution in [1.82, 2.24) is 9.80 Å². The molecule has 0 aliphatic carbocycles. The molecule has 1 aliphatic heterocycles. The predicted molar refractivity (Wildman–Crippen MR) is 100 cm³/mol. The van der Waals surface area contributed by atoms with Gasteiger partial charge in [0.05, 0.1) is 15.8 Å². The van der Waals surface area contributed by atoms with E-state index < -0.39 is 0 Å². The summed E-state index contributed by atoms with van der Waals surface area (Å²) in [6.07, 6.45) is 0. The fourth-order valence-corrected chi connectivity index (χ4v) is 4.17. The van der Waals surface area contributed by atoms with Crippen molar-refractivity contribution in [1.29, 1.82) is 0 Å². The highest BCUT2D eigenvalue weighted by molar-refractivity contribution is 8.00. The van der Waals surface area contributed by atoms with Crippen LogP contribution in [0.2, 0.25) is 10.0 Å². The Labute approximate surface area is 157 Å². The number of hydrogen-bond donors (Lipinski definition) is 0. The Bertz CT molecular complexity index is 625. The first-order valence-electron chi connectivity index (χ1n) is 8.00. The van der Waals surface area contributed by atoms with Crippen molar-refractivity contribution in [3.8, 4) is 0 Å². The lowest BCUT2D eigenvalue weighted by atomic mass is 10.2. The predicted octanol–water partition coefficient (Wildman–Crippen LogP) is 4.07. The highest BCUT2D eigenvalue weighted by atomic mass is 35.5. The minimum atomic E-state index is -0.0832. The average molecular weight is 389 g/mol. The summed E-state index contributed by atoms with van der Waals surface area (Å²) in [5.41, 5.74) is 0.957. The van der Waals surface area contributed by atoms with E-state index in [2.05, 4.69) is 0 Å². The third-order valence-electron chi connectivity index (χ3n) is 4.00. The van der Waals surface area contributed by atoms with Crippen LogP contribution in [-0.2, 0) is 9.59 Å². The van der Waals surface area contributed by atoms with Crippen molar-refractivity contribution >= 4 is 46.8 Å². The molecule has 1 heterocycles. The number of carbonyl (C=O) groups is 2. The first-order chi connectivity index (χ1) is 11.3. The summed E-state index contributed by atoms with van der Waals surface area (Å²) in [5.74, 6) is 0.598. The summed E-state index contributed by atoms with van der Waals surface area (Å²) in [6.45, 7) is 7.43. The van der Waals surface area contributed by atoms with E-state index in [0.717, 1.165) is 5.56 Å². The fraction of sp³-hybridized carbons (Fsp3) is 0.529. The van der Waals surface area contributed by atoms with E-state index in [1.165, 1.54) is 0 Å². The molecule has 1 aromatic rings. The van der Waals surface area contributed by atoms with Gasteiger partial charge in [0.2, 0.25) is 11.8 Å². The summed E-state index contributed by atoms with van der Waals surface area (Å²) in [7, 11) is 0. The molecule has 1 aliphatic rings. The van der Waals surface area contributed by atoms with Crippen LogP contribution >= 0.6 is 35.0 Å². The van der Waals surface area contributed by atoms with Crippen molar-refractivity contribution in [2.45, 2.75) is 26.1 Å². The van der Waals surface area contributed by atoms with Crippen molar-refractivity contribution < 1.29 is 9.59 Å². The van der Waals surface area contributed by atoms with Crippen LogP contribution in [-0.4, -0.2) is 47.0 Å². The molecule has 0 bridgehead atoms. The van der Waals surface area contributed by atoms with E-state index in [4.69, 9.17) is 23.2 Å². The summed E-state index contributed by atoms with van der Waals surface area (Å²) in [6, 6.07) is 5.46. The molecule has 7 heteroatoms. The Morgan fingerprint density at radius 1 is 1.38 bits per heavy atom. The lowest BCUT2D eigenvalue weighted by Gasteiger charge is -2.29. The van der Waals surface area contributed by atoms with Gasteiger partial charge in [-0.05, 0) is 24.6 Å². The van der Waals surface area contributed by atoms with Gasteiger partial charge in [-0.15, -0.1) is 11.8 Å². The van der Waals surface area contributed by atoms with Gasteiger partial charge in [-0.1, -0.05) is 43.1 Å². The zero-order valence-corrected chi connectivity index (χ0v) is 16.4. The molecule has 1 aromatic carbocycles. The van der Waals surface area contributed by atoms with Crippen molar-refractivity contribution in [2.24, 2.45) is 5.92 Å². The van der Waals surface area contributed by atoms with E-state index >= 15 is 0 Å². The monoisotopic (exact) mass is 388 g/mol. The van der Waals surface area contributed by atoms with Crippen LogP contribution in [0.25, 0.3) is 0 Å². The normalized spacial score (nSPS) is 17.7. The lowest BCUT2D eigenvalue weighted by molar-refractivity contribution is -0.136. The van der Waals surface area contributed by atoms with Gasteiger partial charge in [0, 0.05) is 25.6 Å². The van der Waals surface area contributed by atoms with E-state index in [9.17, 15) is 9.59 Å². The Balaban J connectivity index is 2.10. The molecule has 24 heavy (non-hydrogen) atoms. The number of nitrogens with zero attached hydrogens (tertiary/aromatic N) is 2. The van der Waals surface area contributed by atoms with Gasteiger partial charge in [-0.25, -0.2) is 0 Å². The zero-order valence-electron chi connectivity index (χ0n) is 14.1. The molecule has 1 atom stereocenters. The van der Waals surface area contributed by atoms with Gasteiger partial charge in [-0.2, -0.15) is 0 Å². The molecule has 132 valence electrons. The number of hydrogen-bond acceptors (Lipinski definition) is 3. The van der Waals surface area contributed by atoms with E-state index in [-0.39, 0.29) is 23.1 Å². The molecular formula is C17H22Cl2N2O2S. The van der Waals surface area contributed by atoms with Gasteiger partial charge in [0.15, 0.2) is 0 Å². The fourth-order valence-electron chi connectivity index (χ4n) is 2.66. The highest BCUT2D eigenvalue weighted by Gasteiger charge is 2.33. The smallest absolute Gasteiger partial charge is 0.233 e. The van der Waals surface area contributed by atoms with Crippen LogP contribution in [0.5, 0.6) is 0 Å². The van der Waals surface area contributed by atoms with Gasteiger partial charge < -0.3 is 9.80 Å². The zero-order chi connectivity index (χ0) is 17.9. The lowest BCUT2D eigenvalue weighted by Crippen LogP contribution is -2.41. The SMILES string of the molecule is CCN(CCN1C(=O)CS[C@@H]1c1ccc(Cl)c(Cl)c1)C(=O)C(C)C. The Morgan fingerprint density at radius 2 is 2.08 bits per heavy atom. The van der Waals surface area contributed by atoms with Crippen molar-refractivity contribution in [3.63, 3.8) is 0 Å². The second-order valence-corrected chi connectivity index (χ2v) is 7.88. The largest absolute Gasteiger partial charge is 0.341 e. The van der Waals surface area contributed by atoms with Gasteiger partial charge in [0.1, 0.15) is 5.37 Å². The van der Waals surface area contributed by atoms with Gasteiger partial charge >= 0.3 is 0 Å². The van der Waals surface area contributed by atoms with E-state index in [0.29, 0.717) is 35.4 Å². The van der Waals surface area contributed by atoms with E-state index in [1.807, 2.05) is 37.8 Å². The van der Waals surface area contributed by atoms with Crippen molar-refractivity contribution in [2.75, 3.05) is 25.4 Å². The minimum absolute atomic E-state index is 0.0422. The second-order valence-electron chi connectivity index (χ2n) is 6.00. The summed E-state index contributed by atoms with van der Waals surface area (Å²) >= 11 is 13.7. The number of amides is 2. The number of likely N-dealkylation sites (N-methyl/N-ethyl adjacent to an activating group) is 1. The van der Waals surface area contributed by atoms with Crippen LogP contribution in [0.15, 0.2) is 18.2 Å². The number of halogens is 2. The second kappa shape index (κ2) is 8.45. The first-order valence-corrected chi connectivity index (χ1v) is 9.80. The Morgan fingerprint density at radius 3 is 2.67 bits per heavy atom. The molecular weight excluding hydrogens is 367 g/mol.